The second-order valence-corrected chi connectivity index (χ2v) is 39.8. The summed E-state index contributed by atoms with van der Waals surface area (Å²) in [7, 11) is 14.8. The maximum Gasteiger partial charge on any atom is 0.0782 e. The highest BCUT2D eigenvalue weighted by Crippen LogP contribution is 2.23. The van der Waals surface area contributed by atoms with Crippen molar-refractivity contribution in [3.05, 3.63) is 0 Å². The van der Waals surface area contributed by atoms with E-state index < -0.39 is 0 Å². The molecule has 0 bridgehead atoms. The SMILES string of the molecule is CCCCCCCCCCCCCCCCCC[N+](C)(C)CCCCCCCCCCCCCCCC.CCCCCCCCCCCCCCCCCC[N+](C)(C)CCCCCCCCCCCCCCCCCC.CCCCCCCCCCCCCCCC[N+](C)(C)CCCCCCCCCCCCCCCC.[Cl-].[Cl-].[Cl-]. The van der Waals surface area contributed by atoms with Crippen LogP contribution in [-0.4, -0.2) is 95.0 Å². The molecule has 0 radical (unpaired) electrons. The van der Waals surface area contributed by atoms with Gasteiger partial charge in [0, 0.05) is 0 Å². The zero-order chi connectivity index (χ0) is 81.4. The van der Waals surface area contributed by atoms with E-state index in [2.05, 4.69) is 83.8 Å². The smallest absolute Gasteiger partial charge is 0.0782 e. The summed E-state index contributed by atoms with van der Waals surface area (Å²) in [6.45, 7) is 22.2. The number of unbranched alkanes of at least 4 members (excludes halogenated alkanes) is 84. The van der Waals surface area contributed by atoms with Crippen LogP contribution in [0.3, 0.4) is 0 Å². The van der Waals surface area contributed by atoms with Gasteiger partial charge >= 0.3 is 0 Å². The molecule has 696 valence electrons. The van der Waals surface area contributed by atoms with Crippen molar-refractivity contribution in [2.45, 2.75) is 619 Å². The van der Waals surface area contributed by atoms with Crippen LogP contribution in [0.25, 0.3) is 0 Å². The standard InChI is InChI=1S/C38H80N.C36H76N.C34H72N.3ClH/c1-5-7-9-11-13-15-17-19-21-23-25-27-29-31-33-35-37-39(3,4)38-36-34-32-30-28-26-24-22-20-18-16-14-12-10-8-6-2;1-5-7-9-11-13-15-17-19-21-22-24-26-28-30-32-34-36-37(3,4)35-33-31-29-27-25-23-20-18-16-14-12-10-8-6-2;1-5-7-9-11-13-15-17-19-21-23-25-27-29-31-33-35(3,4)34-32-30-28-26-24-22-20-18-16-14-12-10-8-6-2;;;/h5-38H2,1-4H3;5-36H2,1-4H3;5-34H2,1-4H3;3*1H/q3*+1;;;/p-3. The first-order valence-electron chi connectivity index (χ1n) is 53.8. The Balaban J connectivity index is -0.000000379. The van der Waals surface area contributed by atoms with Crippen molar-refractivity contribution in [1.29, 1.82) is 0 Å². The quantitative estimate of drug-likeness (QED) is 0.0421. The van der Waals surface area contributed by atoms with E-state index in [0.29, 0.717) is 0 Å². The lowest BCUT2D eigenvalue weighted by Gasteiger charge is -2.30. The summed E-state index contributed by atoms with van der Waals surface area (Å²) in [4.78, 5) is 0. The average molecular weight is 1680 g/mol. The van der Waals surface area contributed by atoms with Crippen LogP contribution >= 0.6 is 0 Å². The largest absolute Gasteiger partial charge is 1.00 e. The minimum Gasteiger partial charge on any atom is -1.00 e. The summed E-state index contributed by atoms with van der Waals surface area (Å²) in [6.07, 6.45) is 132. The summed E-state index contributed by atoms with van der Waals surface area (Å²) in [5.41, 5.74) is 0. The number of hydrogen-bond acceptors (Lipinski definition) is 0. The summed E-state index contributed by atoms with van der Waals surface area (Å²) in [6, 6.07) is 0. The summed E-state index contributed by atoms with van der Waals surface area (Å²) in [5, 5.41) is 0. The molecule has 0 aromatic carbocycles. The van der Waals surface area contributed by atoms with Crippen molar-refractivity contribution in [2.24, 2.45) is 0 Å². The minimum absolute atomic E-state index is 0. The molecular formula is C108H228Cl3N3. The first-order valence-corrected chi connectivity index (χ1v) is 53.8. The topological polar surface area (TPSA) is 0 Å². The first-order chi connectivity index (χ1) is 54.4. The second kappa shape index (κ2) is 110. The Morgan fingerprint density at radius 2 is 0.140 bits per heavy atom. The third-order valence-electron chi connectivity index (χ3n) is 26.2. The van der Waals surface area contributed by atoms with E-state index >= 15 is 0 Å². The van der Waals surface area contributed by atoms with Gasteiger partial charge in [0.15, 0.2) is 0 Å². The molecule has 6 heteroatoms. The Hall–Kier alpha value is 0.750. The highest BCUT2D eigenvalue weighted by atomic mass is 35.5. The second-order valence-electron chi connectivity index (χ2n) is 39.8. The van der Waals surface area contributed by atoms with Gasteiger partial charge in [-0.15, -0.1) is 0 Å². The van der Waals surface area contributed by atoms with Gasteiger partial charge in [-0.25, -0.2) is 0 Å². The van der Waals surface area contributed by atoms with Gasteiger partial charge in [0.2, 0.25) is 0 Å². The molecule has 0 aliphatic heterocycles. The Bertz CT molecular complexity index is 1510. The van der Waals surface area contributed by atoms with E-state index in [1.165, 1.54) is 631 Å². The summed E-state index contributed by atoms with van der Waals surface area (Å²) in [5.74, 6) is 0. The van der Waals surface area contributed by atoms with Crippen molar-refractivity contribution in [1.82, 2.24) is 0 Å². The van der Waals surface area contributed by atoms with E-state index in [9.17, 15) is 0 Å². The molecule has 0 aliphatic carbocycles. The van der Waals surface area contributed by atoms with Crippen molar-refractivity contribution in [3.63, 3.8) is 0 Å². The normalized spacial score (nSPS) is 11.7. The Labute approximate surface area is 746 Å². The zero-order valence-electron chi connectivity index (χ0n) is 82.4. The molecule has 0 fully saturated rings. The molecule has 0 amide bonds. The lowest BCUT2D eigenvalue weighted by atomic mass is 10.0. The van der Waals surface area contributed by atoms with Crippen LogP contribution in [0.1, 0.15) is 619 Å². The van der Waals surface area contributed by atoms with Gasteiger partial charge in [-0.05, 0) is 77.0 Å². The van der Waals surface area contributed by atoms with E-state index in [-0.39, 0.29) is 37.2 Å². The number of hydrogen-bond donors (Lipinski definition) is 0. The van der Waals surface area contributed by atoms with Crippen LogP contribution in [0, 0.1) is 0 Å². The molecule has 0 aromatic heterocycles. The van der Waals surface area contributed by atoms with Crippen molar-refractivity contribution >= 4 is 0 Å². The predicted octanol–water partition coefficient (Wildman–Crippen LogP) is 29.4. The number of nitrogens with zero attached hydrogens (tertiary/aromatic N) is 3. The highest BCUT2D eigenvalue weighted by molar-refractivity contribution is 4.58. The van der Waals surface area contributed by atoms with Gasteiger partial charge in [-0.2, -0.15) is 0 Å². The Morgan fingerprint density at radius 1 is 0.0877 bits per heavy atom. The molecule has 0 atom stereocenters. The van der Waals surface area contributed by atoms with Crippen LogP contribution in [0.2, 0.25) is 0 Å². The molecular weight excluding hydrogens is 1450 g/mol. The van der Waals surface area contributed by atoms with Crippen molar-refractivity contribution in [3.8, 4) is 0 Å². The molecule has 0 saturated carbocycles. The van der Waals surface area contributed by atoms with Gasteiger partial charge in [0.05, 0.1) is 81.6 Å². The Morgan fingerprint density at radius 3 is 0.202 bits per heavy atom. The summed E-state index contributed by atoms with van der Waals surface area (Å²) >= 11 is 0. The molecule has 0 heterocycles. The average Bonchev–Trinajstić information content (AvgIpc) is 0.953. The van der Waals surface area contributed by atoms with Gasteiger partial charge in [0.1, 0.15) is 0 Å². The third-order valence-corrected chi connectivity index (χ3v) is 26.2. The molecule has 0 rings (SSSR count). The van der Waals surface area contributed by atoms with Crippen LogP contribution in [0.4, 0.5) is 0 Å². The lowest BCUT2D eigenvalue weighted by molar-refractivity contribution is -0.890. The maximum absolute atomic E-state index is 2.47. The van der Waals surface area contributed by atoms with Crippen LogP contribution in [-0.2, 0) is 0 Å². The van der Waals surface area contributed by atoms with Crippen molar-refractivity contribution in [2.75, 3.05) is 81.6 Å². The molecule has 0 aliphatic rings. The molecule has 0 N–H and O–H groups in total. The Kier molecular flexibility index (Phi) is 121. The van der Waals surface area contributed by atoms with E-state index in [1.807, 2.05) is 0 Å². The van der Waals surface area contributed by atoms with E-state index in [1.54, 1.807) is 0 Å². The third kappa shape index (κ3) is 119. The van der Waals surface area contributed by atoms with Crippen LogP contribution in [0.15, 0.2) is 0 Å². The number of quaternary nitrogens is 3. The van der Waals surface area contributed by atoms with Gasteiger partial charge in [-0.3, -0.25) is 0 Å². The predicted molar refractivity (Wildman–Crippen MR) is 515 cm³/mol. The maximum atomic E-state index is 2.47. The molecule has 0 aromatic rings. The lowest BCUT2D eigenvalue weighted by Crippen LogP contribution is -3.00. The van der Waals surface area contributed by atoms with Gasteiger partial charge < -0.3 is 50.7 Å². The zero-order valence-corrected chi connectivity index (χ0v) is 84.6. The molecule has 0 spiro atoms. The fourth-order valence-corrected chi connectivity index (χ4v) is 17.8. The summed E-state index contributed by atoms with van der Waals surface area (Å²) < 4.78 is 3.74. The van der Waals surface area contributed by atoms with E-state index in [4.69, 9.17) is 0 Å². The number of rotatable bonds is 96. The number of halogens is 3. The van der Waals surface area contributed by atoms with Gasteiger partial charge in [0.25, 0.3) is 0 Å². The minimum atomic E-state index is 0. The fourth-order valence-electron chi connectivity index (χ4n) is 17.8. The van der Waals surface area contributed by atoms with Gasteiger partial charge in [-0.1, -0.05) is 542 Å². The molecule has 114 heavy (non-hydrogen) atoms. The van der Waals surface area contributed by atoms with Crippen LogP contribution in [0.5, 0.6) is 0 Å². The molecule has 0 saturated heterocycles. The van der Waals surface area contributed by atoms with Crippen molar-refractivity contribution < 1.29 is 50.7 Å². The molecule has 0 unspecified atom stereocenters. The van der Waals surface area contributed by atoms with Crippen LogP contribution < -0.4 is 37.2 Å². The fraction of sp³-hybridized carbons (Fsp3) is 1.00. The van der Waals surface area contributed by atoms with E-state index in [0.717, 1.165) is 0 Å². The monoisotopic (exact) mass is 1670 g/mol. The highest BCUT2D eigenvalue weighted by Gasteiger charge is 2.17. The first kappa shape index (κ1) is 126. The molecule has 3 nitrogen and oxygen atoms in total.